The van der Waals surface area contributed by atoms with E-state index in [1.165, 1.54) is 49.0 Å². The molecule has 5 heterocycles. The fourth-order valence-corrected chi connectivity index (χ4v) is 7.18. The predicted molar refractivity (Wildman–Crippen MR) is 177 cm³/mol. The second-order valence-electron chi connectivity index (χ2n) is 11.1. The van der Waals surface area contributed by atoms with E-state index in [4.69, 9.17) is 4.98 Å². The van der Waals surface area contributed by atoms with E-state index in [1.807, 2.05) is 24.7 Å². The van der Waals surface area contributed by atoms with Gasteiger partial charge in [-0.2, -0.15) is 0 Å². The van der Waals surface area contributed by atoms with Crippen molar-refractivity contribution >= 4 is 71.1 Å². The van der Waals surface area contributed by atoms with Gasteiger partial charge in [0, 0.05) is 62.3 Å². The van der Waals surface area contributed by atoms with Crippen LogP contribution in [0.5, 0.6) is 0 Å². The molecular formula is C38H23N5. The Bertz CT molecular complexity index is 2710. The van der Waals surface area contributed by atoms with E-state index in [0.29, 0.717) is 0 Å². The van der Waals surface area contributed by atoms with Crippen LogP contribution in [0, 0.1) is 0 Å². The van der Waals surface area contributed by atoms with Crippen molar-refractivity contribution in [3.63, 3.8) is 0 Å². The van der Waals surface area contributed by atoms with Crippen LogP contribution in [-0.2, 0) is 0 Å². The Kier molecular flexibility index (Phi) is 4.39. The van der Waals surface area contributed by atoms with Gasteiger partial charge in [0.05, 0.1) is 27.6 Å². The van der Waals surface area contributed by atoms with Crippen molar-refractivity contribution in [2.75, 3.05) is 0 Å². The van der Waals surface area contributed by atoms with Crippen molar-refractivity contribution in [1.82, 2.24) is 23.5 Å². The van der Waals surface area contributed by atoms with Crippen LogP contribution >= 0.6 is 0 Å². The van der Waals surface area contributed by atoms with E-state index in [2.05, 4.69) is 134 Å². The molecule has 0 N–H and O–H groups in total. The van der Waals surface area contributed by atoms with Crippen LogP contribution < -0.4 is 0 Å². The molecule has 0 spiro atoms. The summed E-state index contributed by atoms with van der Waals surface area (Å²) in [6, 6.07) is 43.6. The molecule has 0 radical (unpaired) electrons. The standard InChI is InChI=1S/C38H23N5/c1-3-10-24(11-4-1)42-31-16-8-7-14-26(31)29-22-30-27-17-18-32-35(28-15-9-19-39-36(28)38-40-20-21-41(32)38)37(27)43(34(30)23-33(29)42)25-12-5-2-6-13-25/h1-23H. The van der Waals surface area contributed by atoms with Gasteiger partial charge in [-0.1, -0.05) is 66.7 Å². The largest absolute Gasteiger partial charge is 0.309 e. The zero-order chi connectivity index (χ0) is 28.1. The van der Waals surface area contributed by atoms with Gasteiger partial charge in [0.15, 0.2) is 5.65 Å². The number of para-hydroxylation sites is 3. The zero-order valence-corrected chi connectivity index (χ0v) is 23.0. The number of benzene rings is 5. The summed E-state index contributed by atoms with van der Waals surface area (Å²) < 4.78 is 7.00. The van der Waals surface area contributed by atoms with E-state index < -0.39 is 0 Å². The monoisotopic (exact) mass is 549 g/mol. The maximum absolute atomic E-state index is 4.81. The molecule has 0 aliphatic carbocycles. The molecule has 5 nitrogen and oxygen atoms in total. The summed E-state index contributed by atoms with van der Waals surface area (Å²) in [5.74, 6) is 0. The summed E-state index contributed by atoms with van der Waals surface area (Å²) in [5, 5.41) is 7.22. The number of aromatic nitrogens is 5. The van der Waals surface area contributed by atoms with Crippen molar-refractivity contribution < 1.29 is 0 Å². The van der Waals surface area contributed by atoms with Crippen molar-refractivity contribution in [1.29, 1.82) is 0 Å². The lowest BCUT2D eigenvalue weighted by Crippen LogP contribution is -1.98. The topological polar surface area (TPSA) is 40.1 Å². The zero-order valence-electron chi connectivity index (χ0n) is 23.0. The van der Waals surface area contributed by atoms with Gasteiger partial charge in [0.1, 0.15) is 5.52 Å². The van der Waals surface area contributed by atoms with Crippen LogP contribution in [0.2, 0.25) is 0 Å². The molecule has 5 aromatic heterocycles. The molecule has 200 valence electrons. The van der Waals surface area contributed by atoms with Crippen LogP contribution in [0.3, 0.4) is 0 Å². The Hall–Kier alpha value is -5.94. The Morgan fingerprint density at radius 1 is 0.442 bits per heavy atom. The first-order chi connectivity index (χ1) is 21.4. The highest BCUT2D eigenvalue weighted by molar-refractivity contribution is 6.27. The highest BCUT2D eigenvalue weighted by Crippen LogP contribution is 2.43. The molecule has 43 heavy (non-hydrogen) atoms. The van der Waals surface area contributed by atoms with Gasteiger partial charge >= 0.3 is 0 Å². The first kappa shape index (κ1) is 22.7. The third-order valence-corrected chi connectivity index (χ3v) is 8.92. The van der Waals surface area contributed by atoms with Gasteiger partial charge in [-0.15, -0.1) is 0 Å². The molecule has 0 saturated heterocycles. The first-order valence-corrected chi connectivity index (χ1v) is 14.5. The SMILES string of the molecule is c1ccc(-n2c3ccccc3c3cc4c5ccc6c(c7cccnc7c7nccn67)c5n(-c5ccccc5)c4cc32)cc1. The summed E-state index contributed by atoms with van der Waals surface area (Å²) in [5.41, 5.74) is 9.91. The smallest absolute Gasteiger partial charge is 0.163 e. The average molecular weight is 550 g/mol. The van der Waals surface area contributed by atoms with Crippen LogP contribution in [0.15, 0.2) is 140 Å². The van der Waals surface area contributed by atoms with Crippen molar-refractivity contribution in [2.24, 2.45) is 0 Å². The minimum absolute atomic E-state index is 0.874. The van der Waals surface area contributed by atoms with Crippen LogP contribution in [0.1, 0.15) is 0 Å². The van der Waals surface area contributed by atoms with Crippen molar-refractivity contribution in [3.8, 4) is 11.4 Å². The quantitative estimate of drug-likeness (QED) is 0.202. The highest BCUT2D eigenvalue weighted by Gasteiger charge is 2.22. The molecule has 5 aromatic carbocycles. The molecule has 0 fully saturated rings. The normalized spacial score (nSPS) is 12.2. The Labute approximate surface area is 245 Å². The number of pyridine rings is 2. The fourth-order valence-electron chi connectivity index (χ4n) is 7.18. The average Bonchev–Trinajstić information content (AvgIpc) is 3.77. The number of hydrogen-bond acceptors (Lipinski definition) is 2. The molecule has 0 unspecified atom stereocenters. The maximum Gasteiger partial charge on any atom is 0.163 e. The number of fused-ring (bicyclic) bond motifs is 13. The van der Waals surface area contributed by atoms with Crippen molar-refractivity contribution in [2.45, 2.75) is 0 Å². The highest BCUT2D eigenvalue weighted by atomic mass is 15.0. The molecule has 0 saturated carbocycles. The summed E-state index contributed by atoms with van der Waals surface area (Å²) in [6.45, 7) is 0. The molecule has 10 aromatic rings. The molecular weight excluding hydrogens is 526 g/mol. The molecule has 10 rings (SSSR count). The van der Waals surface area contributed by atoms with E-state index in [1.54, 1.807) is 0 Å². The second kappa shape index (κ2) is 8.30. The third kappa shape index (κ3) is 2.95. The lowest BCUT2D eigenvalue weighted by Gasteiger charge is -2.13. The van der Waals surface area contributed by atoms with Gasteiger partial charge < -0.3 is 9.13 Å². The van der Waals surface area contributed by atoms with E-state index in [-0.39, 0.29) is 0 Å². The minimum Gasteiger partial charge on any atom is -0.309 e. The van der Waals surface area contributed by atoms with Crippen molar-refractivity contribution in [3.05, 3.63) is 140 Å². The summed E-state index contributed by atoms with van der Waals surface area (Å²) in [6.07, 6.45) is 5.76. The lowest BCUT2D eigenvalue weighted by atomic mass is 10.0. The van der Waals surface area contributed by atoms with Crippen LogP contribution in [-0.4, -0.2) is 23.5 Å². The van der Waals surface area contributed by atoms with E-state index in [9.17, 15) is 0 Å². The van der Waals surface area contributed by atoms with Gasteiger partial charge in [-0.3, -0.25) is 9.38 Å². The summed E-state index contributed by atoms with van der Waals surface area (Å²) in [7, 11) is 0. The summed E-state index contributed by atoms with van der Waals surface area (Å²) in [4.78, 5) is 9.50. The second-order valence-corrected chi connectivity index (χ2v) is 11.1. The van der Waals surface area contributed by atoms with Gasteiger partial charge in [-0.25, -0.2) is 4.98 Å². The molecule has 5 heteroatoms. The number of rotatable bonds is 2. The maximum atomic E-state index is 4.81. The molecule has 0 aliphatic heterocycles. The third-order valence-electron chi connectivity index (χ3n) is 8.92. The Morgan fingerprint density at radius 2 is 1.14 bits per heavy atom. The molecule has 0 amide bonds. The predicted octanol–water partition coefficient (Wildman–Crippen LogP) is 9.23. The lowest BCUT2D eigenvalue weighted by molar-refractivity contribution is 1.17. The summed E-state index contributed by atoms with van der Waals surface area (Å²) >= 11 is 0. The number of nitrogens with zero attached hydrogens (tertiary/aromatic N) is 5. The molecule has 0 bridgehead atoms. The number of hydrogen-bond donors (Lipinski definition) is 0. The van der Waals surface area contributed by atoms with E-state index in [0.717, 1.165) is 33.4 Å². The van der Waals surface area contributed by atoms with E-state index >= 15 is 0 Å². The van der Waals surface area contributed by atoms with Gasteiger partial charge in [0.2, 0.25) is 0 Å². The molecule has 0 atom stereocenters. The molecule has 0 aliphatic rings. The minimum atomic E-state index is 0.874. The Morgan fingerprint density at radius 3 is 1.98 bits per heavy atom. The van der Waals surface area contributed by atoms with Crippen LogP contribution in [0.25, 0.3) is 82.4 Å². The van der Waals surface area contributed by atoms with Gasteiger partial charge in [-0.05, 0) is 54.6 Å². The van der Waals surface area contributed by atoms with Gasteiger partial charge in [0.25, 0.3) is 0 Å². The van der Waals surface area contributed by atoms with Crippen LogP contribution in [0.4, 0.5) is 0 Å². The Balaban J connectivity index is 1.49. The fraction of sp³-hybridized carbons (Fsp3) is 0. The number of imidazole rings is 1. The first-order valence-electron chi connectivity index (χ1n) is 14.5.